The zero-order chi connectivity index (χ0) is 20.2. The van der Waals surface area contributed by atoms with Gasteiger partial charge in [0.25, 0.3) is 0 Å². The van der Waals surface area contributed by atoms with Crippen LogP contribution in [0.3, 0.4) is 0 Å². The summed E-state index contributed by atoms with van der Waals surface area (Å²) in [4.78, 5) is 2.10. The molecular formula is C25H27NO3. The van der Waals surface area contributed by atoms with E-state index in [0.717, 1.165) is 23.6 Å². The van der Waals surface area contributed by atoms with Crippen molar-refractivity contribution in [1.29, 1.82) is 0 Å². The number of hydrogen-bond donors (Lipinski definition) is 1. The smallest absolute Gasteiger partial charge is 0.126 e. The van der Waals surface area contributed by atoms with Gasteiger partial charge in [0.1, 0.15) is 23.9 Å². The Bertz CT molecular complexity index is 938. The van der Waals surface area contributed by atoms with Gasteiger partial charge in [-0.05, 0) is 43.4 Å². The number of hydrogen-bond acceptors (Lipinski definition) is 4. The van der Waals surface area contributed by atoms with Crippen molar-refractivity contribution >= 4 is 0 Å². The second-order valence-corrected chi connectivity index (χ2v) is 7.75. The van der Waals surface area contributed by atoms with E-state index in [1.807, 2.05) is 38.4 Å². The number of rotatable bonds is 6. The molecule has 0 aliphatic carbocycles. The van der Waals surface area contributed by atoms with Crippen LogP contribution in [0.5, 0.6) is 17.2 Å². The van der Waals surface area contributed by atoms with Gasteiger partial charge < -0.3 is 19.5 Å². The molecule has 3 aromatic carbocycles. The van der Waals surface area contributed by atoms with Crippen LogP contribution in [0.4, 0.5) is 0 Å². The molecule has 0 fully saturated rings. The molecule has 29 heavy (non-hydrogen) atoms. The predicted octanol–water partition coefficient (Wildman–Crippen LogP) is 4.64. The highest BCUT2D eigenvalue weighted by Gasteiger charge is 2.33. The Morgan fingerprint density at radius 2 is 1.72 bits per heavy atom. The highest BCUT2D eigenvalue weighted by Crippen LogP contribution is 2.47. The van der Waals surface area contributed by atoms with Gasteiger partial charge in [-0.15, -0.1) is 0 Å². The van der Waals surface area contributed by atoms with Crippen LogP contribution in [0.2, 0.25) is 0 Å². The van der Waals surface area contributed by atoms with E-state index < -0.39 is 0 Å². The molecule has 1 aliphatic heterocycles. The van der Waals surface area contributed by atoms with Crippen LogP contribution in [0.25, 0.3) is 0 Å². The Labute approximate surface area is 172 Å². The lowest BCUT2D eigenvalue weighted by Gasteiger charge is -2.34. The van der Waals surface area contributed by atoms with Gasteiger partial charge in [-0.25, -0.2) is 0 Å². The first-order valence-corrected chi connectivity index (χ1v) is 10.00. The average Bonchev–Trinajstić information content (AvgIpc) is 2.74. The largest absolute Gasteiger partial charge is 0.508 e. The molecule has 1 heterocycles. The zero-order valence-corrected chi connectivity index (χ0v) is 16.9. The fraction of sp³-hybridized carbons (Fsp3) is 0.280. The molecule has 1 aliphatic rings. The standard InChI is InChI=1S/C25H27NO3/c1-26(2)14-15-28-21-11-8-19(9-12-21)25-22-13-10-20(27)16-24(22)29-17-23(25)18-6-4-3-5-7-18/h3-13,16,23,25,27H,14-15,17H2,1-2H3/t23-,25+/m1/s1. The summed E-state index contributed by atoms with van der Waals surface area (Å²) >= 11 is 0. The van der Waals surface area contributed by atoms with E-state index in [9.17, 15) is 5.11 Å². The summed E-state index contributed by atoms with van der Waals surface area (Å²) in [6, 6.07) is 24.3. The topological polar surface area (TPSA) is 41.9 Å². The number of fused-ring (bicyclic) bond motifs is 1. The van der Waals surface area contributed by atoms with E-state index in [4.69, 9.17) is 9.47 Å². The zero-order valence-electron chi connectivity index (χ0n) is 16.9. The average molecular weight is 389 g/mol. The Balaban J connectivity index is 1.66. The van der Waals surface area contributed by atoms with Crippen molar-refractivity contribution in [1.82, 2.24) is 4.90 Å². The Kier molecular flexibility index (Phi) is 5.72. The van der Waals surface area contributed by atoms with Crippen LogP contribution in [0.1, 0.15) is 28.5 Å². The number of phenols is 1. The van der Waals surface area contributed by atoms with E-state index in [0.29, 0.717) is 13.2 Å². The van der Waals surface area contributed by atoms with E-state index in [2.05, 4.69) is 41.3 Å². The molecule has 0 saturated heterocycles. The third-order valence-electron chi connectivity index (χ3n) is 5.43. The van der Waals surface area contributed by atoms with E-state index in [1.54, 1.807) is 12.1 Å². The third-order valence-corrected chi connectivity index (χ3v) is 5.43. The summed E-state index contributed by atoms with van der Waals surface area (Å²) in [5.74, 6) is 2.22. The fourth-order valence-electron chi connectivity index (χ4n) is 3.92. The molecule has 0 spiro atoms. The minimum Gasteiger partial charge on any atom is -0.508 e. The summed E-state index contributed by atoms with van der Waals surface area (Å²) in [5, 5.41) is 9.89. The number of aromatic hydroxyl groups is 1. The van der Waals surface area contributed by atoms with E-state index in [-0.39, 0.29) is 17.6 Å². The van der Waals surface area contributed by atoms with Crippen molar-refractivity contribution < 1.29 is 14.6 Å². The molecular weight excluding hydrogens is 362 g/mol. The SMILES string of the molecule is CN(C)CCOc1ccc([C@H]2c3ccc(O)cc3OC[C@@H]2c2ccccc2)cc1. The molecule has 3 aromatic rings. The summed E-state index contributed by atoms with van der Waals surface area (Å²) in [6.45, 7) is 2.12. The van der Waals surface area contributed by atoms with E-state index >= 15 is 0 Å². The van der Waals surface area contributed by atoms with Crippen molar-refractivity contribution in [2.24, 2.45) is 0 Å². The van der Waals surface area contributed by atoms with Gasteiger partial charge in [-0.3, -0.25) is 0 Å². The van der Waals surface area contributed by atoms with Gasteiger partial charge in [0.2, 0.25) is 0 Å². The van der Waals surface area contributed by atoms with Crippen LogP contribution < -0.4 is 9.47 Å². The van der Waals surface area contributed by atoms with E-state index in [1.165, 1.54) is 11.1 Å². The highest BCUT2D eigenvalue weighted by atomic mass is 16.5. The number of ether oxygens (including phenoxy) is 2. The van der Waals surface area contributed by atoms with Crippen LogP contribution in [0.15, 0.2) is 72.8 Å². The van der Waals surface area contributed by atoms with Crippen LogP contribution in [-0.4, -0.2) is 43.9 Å². The van der Waals surface area contributed by atoms with Gasteiger partial charge in [-0.2, -0.15) is 0 Å². The molecule has 0 amide bonds. The second-order valence-electron chi connectivity index (χ2n) is 7.75. The monoisotopic (exact) mass is 389 g/mol. The maximum atomic E-state index is 9.89. The van der Waals surface area contributed by atoms with Gasteiger partial charge in [-0.1, -0.05) is 48.5 Å². The fourth-order valence-corrected chi connectivity index (χ4v) is 3.92. The highest BCUT2D eigenvalue weighted by molar-refractivity contribution is 5.50. The Hall–Kier alpha value is -2.98. The van der Waals surface area contributed by atoms with Gasteiger partial charge >= 0.3 is 0 Å². The first-order chi connectivity index (χ1) is 14.1. The molecule has 0 saturated carbocycles. The molecule has 4 heteroatoms. The summed E-state index contributed by atoms with van der Waals surface area (Å²) < 4.78 is 11.9. The molecule has 4 nitrogen and oxygen atoms in total. The molecule has 0 aromatic heterocycles. The summed E-state index contributed by atoms with van der Waals surface area (Å²) in [5.41, 5.74) is 3.57. The van der Waals surface area contributed by atoms with Crippen LogP contribution in [0, 0.1) is 0 Å². The Morgan fingerprint density at radius 1 is 0.966 bits per heavy atom. The predicted molar refractivity (Wildman–Crippen MR) is 115 cm³/mol. The molecule has 150 valence electrons. The minimum absolute atomic E-state index is 0.151. The first kappa shape index (κ1) is 19.3. The van der Waals surface area contributed by atoms with Crippen molar-refractivity contribution in [3.05, 3.63) is 89.5 Å². The number of nitrogens with zero attached hydrogens (tertiary/aromatic N) is 1. The maximum Gasteiger partial charge on any atom is 0.126 e. The molecule has 4 rings (SSSR count). The first-order valence-electron chi connectivity index (χ1n) is 10.00. The molecule has 0 radical (unpaired) electrons. The lowest BCUT2D eigenvalue weighted by Crippen LogP contribution is -2.25. The number of phenolic OH excluding ortho intramolecular Hbond substituents is 1. The van der Waals surface area contributed by atoms with Gasteiger partial charge in [0.05, 0.1) is 6.61 Å². The summed E-state index contributed by atoms with van der Waals surface area (Å²) in [6.07, 6.45) is 0. The quantitative estimate of drug-likeness (QED) is 0.667. The molecule has 0 bridgehead atoms. The molecule has 0 unspecified atom stereocenters. The molecule has 2 atom stereocenters. The van der Waals surface area contributed by atoms with Crippen molar-refractivity contribution in [2.75, 3.05) is 33.9 Å². The minimum atomic E-state index is 0.151. The van der Waals surface area contributed by atoms with Crippen LogP contribution in [-0.2, 0) is 0 Å². The van der Waals surface area contributed by atoms with Crippen molar-refractivity contribution in [3.63, 3.8) is 0 Å². The van der Waals surface area contributed by atoms with Crippen molar-refractivity contribution in [3.8, 4) is 17.2 Å². The lowest BCUT2D eigenvalue weighted by atomic mass is 9.76. The normalized spacial score (nSPS) is 18.2. The summed E-state index contributed by atoms with van der Waals surface area (Å²) in [7, 11) is 4.08. The van der Waals surface area contributed by atoms with Crippen molar-refractivity contribution in [2.45, 2.75) is 11.8 Å². The number of likely N-dealkylation sites (N-methyl/N-ethyl adjacent to an activating group) is 1. The number of benzene rings is 3. The molecule has 1 N–H and O–H groups in total. The van der Waals surface area contributed by atoms with Gasteiger partial charge in [0, 0.05) is 30.0 Å². The second kappa shape index (κ2) is 8.58. The lowest BCUT2D eigenvalue weighted by molar-refractivity contribution is 0.247. The Morgan fingerprint density at radius 3 is 2.45 bits per heavy atom. The van der Waals surface area contributed by atoms with Gasteiger partial charge in [0.15, 0.2) is 0 Å². The van der Waals surface area contributed by atoms with Crippen LogP contribution >= 0.6 is 0 Å². The third kappa shape index (κ3) is 4.38. The maximum absolute atomic E-state index is 9.89.